The van der Waals surface area contributed by atoms with Crippen molar-refractivity contribution in [2.24, 2.45) is 39.6 Å². The van der Waals surface area contributed by atoms with Crippen molar-refractivity contribution in [1.29, 1.82) is 0 Å². The lowest BCUT2D eigenvalue weighted by molar-refractivity contribution is -0.173. The molecular formula is C25H37N3O4. The molecule has 5 rings (SSSR count). The quantitative estimate of drug-likeness (QED) is 0.184. The van der Waals surface area contributed by atoms with Gasteiger partial charge in [0.15, 0.2) is 5.79 Å². The van der Waals surface area contributed by atoms with Crippen LogP contribution in [0.25, 0.3) is 10.4 Å². The van der Waals surface area contributed by atoms with Crippen LogP contribution in [0.15, 0.2) is 16.8 Å². The standard InChI is InChI=1S/C25H37N3O4/c1-23(2)31-21-18-13-15(27-28-26)8-10-25(18,4)17-9-11-24(3)14(12-19(29)30-5)6-7-16(24)20(17)22(21)32-23/h12,15-18,20-22H,6-11,13H2,1-5H3/b14-12+/t15-,16?,17?,18?,20?,21-,22-,24-,25-/m1/s1. The van der Waals surface area contributed by atoms with Crippen molar-refractivity contribution >= 4 is 5.97 Å². The molecule has 0 aromatic rings. The summed E-state index contributed by atoms with van der Waals surface area (Å²) < 4.78 is 18.2. The summed E-state index contributed by atoms with van der Waals surface area (Å²) in [5.41, 5.74) is 10.5. The Labute approximate surface area is 190 Å². The van der Waals surface area contributed by atoms with E-state index in [1.807, 2.05) is 13.8 Å². The molecule has 0 spiro atoms. The van der Waals surface area contributed by atoms with E-state index in [4.69, 9.17) is 19.7 Å². The van der Waals surface area contributed by atoms with E-state index in [2.05, 4.69) is 23.9 Å². The summed E-state index contributed by atoms with van der Waals surface area (Å²) in [4.78, 5) is 15.2. The Balaban J connectivity index is 1.54. The normalized spacial score (nSPS) is 49.9. The summed E-state index contributed by atoms with van der Waals surface area (Å²) >= 11 is 0. The van der Waals surface area contributed by atoms with Gasteiger partial charge in [-0.2, -0.15) is 0 Å². The van der Waals surface area contributed by atoms with Gasteiger partial charge in [0, 0.05) is 17.0 Å². The Morgan fingerprint density at radius 3 is 2.56 bits per heavy atom. The van der Waals surface area contributed by atoms with Gasteiger partial charge in [-0.05, 0) is 98.8 Å². The maximum atomic E-state index is 12.1. The van der Waals surface area contributed by atoms with Crippen LogP contribution in [-0.4, -0.2) is 37.1 Å². The molecule has 0 N–H and O–H groups in total. The third-order valence-electron chi connectivity index (χ3n) is 10.1. The first-order valence-electron chi connectivity index (χ1n) is 12.3. The van der Waals surface area contributed by atoms with Crippen molar-refractivity contribution in [3.63, 3.8) is 0 Å². The minimum Gasteiger partial charge on any atom is -0.466 e. The summed E-state index contributed by atoms with van der Waals surface area (Å²) in [5.74, 6) is 0.962. The largest absolute Gasteiger partial charge is 0.466 e. The van der Waals surface area contributed by atoms with Gasteiger partial charge in [0.05, 0.1) is 19.3 Å². The van der Waals surface area contributed by atoms with Crippen LogP contribution in [0.3, 0.4) is 0 Å². The Morgan fingerprint density at radius 2 is 1.84 bits per heavy atom. The number of methoxy groups -OCH3 is 1. The molecule has 5 aliphatic rings. The van der Waals surface area contributed by atoms with Crippen LogP contribution in [0.5, 0.6) is 0 Å². The first kappa shape index (κ1) is 22.2. The lowest BCUT2D eigenvalue weighted by Crippen LogP contribution is -2.63. The van der Waals surface area contributed by atoms with Crippen LogP contribution in [0, 0.1) is 34.5 Å². The minimum atomic E-state index is -0.603. The molecule has 7 heteroatoms. The monoisotopic (exact) mass is 443 g/mol. The zero-order valence-electron chi connectivity index (χ0n) is 20.0. The van der Waals surface area contributed by atoms with Crippen molar-refractivity contribution in [2.75, 3.05) is 7.11 Å². The Bertz CT molecular complexity index is 880. The maximum absolute atomic E-state index is 12.1. The second kappa shape index (κ2) is 7.48. The SMILES string of the molecule is COC(=O)/C=C1\CCC2C3C(CC[C@]12C)[C@@]1(C)CC[C@@H](N=[N+]=[N-])CC1[C@H]1OC(C)(C)O[C@H]31. The number of carbonyl (C=O) groups is 1. The van der Waals surface area contributed by atoms with E-state index in [-0.39, 0.29) is 35.0 Å². The molecule has 1 saturated heterocycles. The van der Waals surface area contributed by atoms with Crippen molar-refractivity contribution in [3.05, 3.63) is 22.1 Å². The van der Waals surface area contributed by atoms with Crippen LogP contribution >= 0.6 is 0 Å². The van der Waals surface area contributed by atoms with Crippen LogP contribution in [0.2, 0.25) is 0 Å². The molecule has 1 aliphatic heterocycles. The molecule has 4 unspecified atom stereocenters. The van der Waals surface area contributed by atoms with Crippen LogP contribution in [0.4, 0.5) is 0 Å². The van der Waals surface area contributed by atoms with E-state index in [1.54, 1.807) is 6.08 Å². The first-order valence-corrected chi connectivity index (χ1v) is 12.3. The van der Waals surface area contributed by atoms with Gasteiger partial charge in [0.2, 0.25) is 0 Å². The Kier molecular flexibility index (Phi) is 5.20. The molecule has 32 heavy (non-hydrogen) atoms. The molecule has 5 fully saturated rings. The Morgan fingerprint density at radius 1 is 1.09 bits per heavy atom. The fourth-order valence-electron chi connectivity index (χ4n) is 8.63. The number of azide groups is 1. The number of hydrogen-bond donors (Lipinski definition) is 0. The van der Waals surface area contributed by atoms with Crippen molar-refractivity contribution < 1.29 is 19.0 Å². The lowest BCUT2D eigenvalue weighted by atomic mass is 9.43. The highest BCUT2D eigenvalue weighted by molar-refractivity contribution is 5.83. The van der Waals surface area contributed by atoms with Gasteiger partial charge in [-0.1, -0.05) is 24.5 Å². The highest BCUT2D eigenvalue weighted by atomic mass is 16.8. The minimum absolute atomic E-state index is 0.0154. The number of nitrogens with zero attached hydrogens (tertiary/aromatic N) is 3. The average molecular weight is 444 g/mol. The molecule has 0 aromatic carbocycles. The maximum Gasteiger partial charge on any atom is 0.330 e. The third-order valence-corrected chi connectivity index (χ3v) is 10.1. The zero-order chi connectivity index (χ0) is 22.9. The molecule has 7 nitrogen and oxygen atoms in total. The fraction of sp³-hybridized carbons (Fsp3) is 0.880. The second-order valence-corrected chi connectivity index (χ2v) is 11.8. The summed E-state index contributed by atoms with van der Waals surface area (Å²) in [6.45, 7) is 8.89. The smallest absolute Gasteiger partial charge is 0.330 e. The molecule has 9 atom stereocenters. The third kappa shape index (κ3) is 3.15. The highest BCUT2D eigenvalue weighted by Gasteiger charge is 2.67. The van der Waals surface area contributed by atoms with Gasteiger partial charge in [0.25, 0.3) is 0 Å². The molecule has 0 radical (unpaired) electrons. The molecule has 4 saturated carbocycles. The second-order valence-electron chi connectivity index (χ2n) is 11.8. The van der Waals surface area contributed by atoms with Gasteiger partial charge >= 0.3 is 5.97 Å². The van der Waals surface area contributed by atoms with E-state index >= 15 is 0 Å². The fourth-order valence-corrected chi connectivity index (χ4v) is 8.63. The van der Waals surface area contributed by atoms with E-state index in [0.29, 0.717) is 23.7 Å². The van der Waals surface area contributed by atoms with E-state index in [1.165, 1.54) is 12.7 Å². The molecule has 176 valence electrons. The first-order chi connectivity index (χ1) is 15.1. The van der Waals surface area contributed by atoms with Gasteiger partial charge in [0.1, 0.15) is 0 Å². The summed E-state index contributed by atoms with van der Waals surface area (Å²) in [6, 6.07) is 0.0533. The number of esters is 1. The number of carbonyl (C=O) groups excluding carboxylic acids is 1. The van der Waals surface area contributed by atoms with Crippen molar-refractivity contribution in [2.45, 2.75) is 96.7 Å². The summed E-state index contributed by atoms with van der Waals surface area (Å²) in [6.07, 6.45) is 9.06. The molecule has 0 bridgehead atoms. The van der Waals surface area contributed by atoms with E-state index in [9.17, 15) is 4.79 Å². The predicted octanol–water partition coefficient (Wildman–Crippen LogP) is 5.55. The molecule has 0 aromatic heterocycles. The Hall–Kier alpha value is -1.56. The highest BCUT2D eigenvalue weighted by Crippen LogP contribution is 2.69. The number of fused-ring (bicyclic) bond motifs is 8. The molecular weight excluding hydrogens is 406 g/mol. The van der Waals surface area contributed by atoms with Crippen molar-refractivity contribution in [1.82, 2.24) is 0 Å². The molecule has 4 aliphatic carbocycles. The number of hydrogen-bond acceptors (Lipinski definition) is 5. The number of allylic oxidation sites excluding steroid dienone is 1. The van der Waals surface area contributed by atoms with Gasteiger partial charge in [-0.3, -0.25) is 0 Å². The van der Waals surface area contributed by atoms with E-state index in [0.717, 1.165) is 44.9 Å². The van der Waals surface area contributed by atoms with Crippen molar-refractivity contribution in [3.8, 4) is 0 Å². The lowest BCUT2D eigenvalue weighted by Gasteiger charge is -2.63. The number of rotatable bonds is 2. The van der Waals surface area contributed by atoms with Gasteiger partial charge < -0.3 is 14.2 Å². The summed E-state index contributed by atoms with van der Waals surface area (Å²) in [5, 5.41) is 4.10. The van der Waals surface area contributed by atoms with Crippen LogP contribution in [0.1, 0.15) is 72.6 Å². The van der Waals surface area contributed by atoms with Crippen LogP contribution < -0.4 is 0 Å². The van der Waals surface area contributed by atoms with Crippen LogP contribution in [-0.2, 0) is 19.0 Å². The predicted molar refractivity (Wildman–Crippen MR) is 119 cm³/mol. The molecule has 0 amide bonds. The van der Waals surface area contributed by atoms with Gasteiger partial charge in [-0.25, -0.2) is 4.79 Å². The average Bonchev–Trinajstić information content (AvgIpc) is 3.24. The molecule has 1 heterocycles. The summed E-state index contributed by atoms with van der Waals surface area (Å²) in [7, 11) is 1.45. The topological polar surface area (TPSA) is 93.5 Å². The van der Waals surface area contributed by atoms with E-state index < -0.39 is 5.79 Å². The van der Waals surface area contributed by atoms with Gasteiger partial charge in [-0.15, -0.1) is 0 Å². The zero-order valence-corrected chi connectivity index (χ0v) is 20.0. The number of ether oxygens (including phenoxy) is 3.